The largest absolute Gasteiger partial charge is 0.326 e. The number of terminal acetylenes is 1. The van der Waals surface area contributed by atoms with E-state index < -0.39 is 15.8 Å². The van der Waals surface area contributed by atoms with Gasteiger partial charge in [-0.1, -0.05) is 12.0 Å². The smallest absolute Gasteiger partial charge is 0.228 e. The number of hydrogen-bond acceptors (Lipinski definition) is 3. The molecular weight excluding hydrogens is 250 g/mol. The maximum absolute atomic E-state index is 11.9. The van der Waals surface area contributed by atoms with Gasteiger partial charge in [0.1, 0.15) is 0 Å². The van der Waals surface area contributed by atoms with Crippen LogP contribution in [0, 0.1) is 18.3 Å². The number of anilines is 1. The second kappa shape index (κ2) is 4.83. The van der Waals surface area contributed by atoms with E-state index in [1.807, 2.05) is 0 Å². The molecule has 4 nitrogen and oxygen atoms in total. The van der Waals surface area contributed by atoms with E-state index >= 15 is 0 Å². The Balaban J connectivity index is 2.06. The number of rotatable bonds is 2. The SMILES string of the molecule is C#Cc1cccc(NC(=O)[C@H]2CCS(=O)(=O)C2)c1. The molecule has 1 aromatic rings. The van der Waals surface area contributed by atoms with Gasteiger partial charge in [-0.3, -0.25) is 4.79 Å². The Hall–Kier alpha value is -1.80. The van der Waals surface area contributed by atoms with Crippen LogP contribution in [-0.4, -0.2) is 25.8 Å². The standard InChI is InChI=1S/C13H13NO3S/c1-2-10-4-3-5-12(8-10)14-13(15)11-6-7-18(16,17)9-11/h1,3-5,8,11H,6-7,9H2,(H,14,15)/t11-/m0/s1. The molecule has 1 aromatic carbocycles. The molecule has 0 radical (unpaired) electrons. The molecule has 0 unspecified atom stereocenters. The number of amides is 1. The maximum Gasteiger partial charge on any atom is 0.228 e. The second-order valence-electron chi connectivity index (χ2n) is 4.31. The fraction of sp³-hybridized carbons (Fsp3) is 0.308. The molecule has 1 aliphatic heterocycles. The van der Waals surface area contributed by atoms with Gasteiger partial charge in [0, 0.05) is 11.3 Å². The minimum atomic E-state index is -3.04. The van der Waals surface area contributed by atoms with Crippen molar-refractivity contribution in [1.29, 1.82) is 0 Å². The Morgan fingerprint density at radius 3 is 2.83 bits per heavy atom. The molecule has 2 rings (SSSR count). The monoisotopic (exact) mass is 263 g/mol. The van der Waals surface area contributed by atoms with Crippen molar-refractivity contribution in [3.63, 3.8) is 0 Å². The van der Waals surface area contributed by atoms with Crippen LogP contribution < -0.4 is 5.32 Å². The van der Waals surface area contributed by atoms with Crippen molar-refractivity contribution in [3.05, 3.63) is 29.8 Å². The summed E-state index contributed by atoms with van der Waals surface area (Å²) in [7, 11) is -3.04. The van der Waals surface area contributed by atoms with E-state index in [4.69, 9.17) is 6.42 Å². The van der Waals surface area contributed by atoms with Gasteiger partial charge in [0.15, 0.2) is 9.84 Å². The molecule has 5 heteroatoms. The summed E-state index contributed by atoms with van der Waals surface area (Å²) in [6.45, 7) is 0. The van der Waals surface area contributed by atoms with Crippen molar-refractivity contribution < 1.29 is 13.2 Å². The van der Waals surface area contributed by atoms with Crippen LogP contribution in [0.25, 0.3) is 0 Å². The van der Waals surface area contributed by atoms with Gasteiger partial charge in [-0.2, -0.15) is 0 Å². The topological polar surface area (TPSA) is 63.2 Å². The van der Waals surface area contributed by atoms with Crippen LogP contribution in [0.4, 0.5) is 5.69 Å². The molecule has 1 heterocycles. The third-order valence-corrected chi connectivity index (χ3v) is 4.67. The van der Waals surface area contributed by atoms with E-state index in [2.05, 4.69) is 11.2 Å². The van der Waals surface area contributed by atoms with Crippen LogP contribution in [-0.2, 0) is 14.6 Å². The van der Waals surface area contributed by atoms with Gasteiger partial charge < -0.3 is 5.32 Å². The molecule has 0 aromatic heterocycles. The molecule has 1 atom stereocenters. The van der Waals surface area contributed by atoms with E-state index in [0.29, 0.717) is 17.7 Å². The van der Waals surface area contributed by atoms with Crippen LogP contribution in [0.3, 0.4) is 0 Å². The Labute approximate surface area is 106 Å². The Morgan fingerprint density at radius 2 is 2.22 bits per heavy atom. The summed E-state index contributed by atoms with van der Waals surface area (Å²) in [6, 6.07) is 6.91. The van der Waals surface area contributed by atoms with E-state index in [1.54, 1.807) is 24.3 Å². The van der Waals surface area contributed by atoms with Crippen molar-refractivity contribution in [2.75, 3.05) is 16.8 Å². The highest BCUT2D eigenvalue weighted by Crippen LogP contribution is 2.20. The van der Waals surface area contributed by atoms with Crippen molar-refractivity contribution in [2.45, 2.75) is 6.42 Å². The number of benzene rings is 1. The summed E-state index contributed by atoms with van der Waals surface area (Å²) in [5.74, 6) is 1.79. The number of hydrogen-bond donors (Lipinski definition) is 1. The summed E-state index contributed by atoms with van der Waals surface area (Å²) < 4.78 is 22.6. The first-order chi connectivity index (χ1) is 8.50. The second-order valence-corrected chi connectivity index (χ2v) is 6.54. The minimum absolute atomic E-state index is 0.0618. The molecule has 1 fully saturated rings. The molecule has 0 saturated carbocycles. The van der Waals surface area contributed by atoms with Gasteiger partial charge in [0.25, 0.3) is 0 Å². The molecule has 0 spiro atoms. The average Bonchev–Trinajstić information content (AvgIpc) is 2.70. The third-order valence-electron chi connectivity index (χ3n) is 2.90. The number of sulfone groups is 1. The van der Waals surface area contributed by atoms with Gasteiger partial charge in [0.2, 0.25) is 5.91 Å². The van der Waals surface area contributed by atoms with Crippen molar-refractivity contribution >= 4 is 21.4 Å². The van der Waals surface area contributed by atoms with E-state index in [0.717, 1.165) is 0 Å². The number of nitrogens with one attached hydrogen (secondary N) is 1. The molecule has 1 amide bonds. The Morgan fingerprint density at radius 1 is 1.44 bits per heavy atom. The normalized spacial score (nSPS) is 21.2. The third kappa shape index (κ3) is 2.90. The zero-order valence-corrected chi connectivity index (χ0v) is 10.5. The summed E-state index contributed by atoms with van der Waals surface area (Å²) >= 11 is 0. The highest BCUT2D eigenvalue weighted by Gasteiger charge is 2.32. The van der Waals surface area contributed by atoms with Crippen LogP contribution in [0.15, 0.2) is 24.3 Å². The van der Waals surface area contributed by atoms with Crippen LogP contribution in [0.2, 0.25) is 0 Å². The first kappa shape index (κ1) is 12.7. The summed E-state index contributed by atoms with van der Waals surface area (Å²) in [5.41, 5.74) is 1.27. The zero-order chi connectivity index (χ0) is 13.2. The summed E-state index contributed by atoms with van der Waals surface area (Å²) in [4.78, 5) is 11.9. The molecule has 0 aliphatic carbocycles. The summed E-state index contributed by atoms with van der Waals surface area (Å²) in [6.07, 6.45) is 5.66. The number of carbonyl (C=O) groups is 1. The van der Waals surface area contributed by atoms with Crippen molar-refractivity contribution in [2.24, 2.45) is 5.92 Å². The fourth-order valence-corrected chi connectivity index (χ4v) is 3.67. The van der Waals surface area contributed by atoms with Crippen molar-refractivity contribution in [1.82, 2.24) is 0 Å². The fourth-order valence-electron chi connectivity index (χ4n) is 1.93. The van der Waals surface area contributed by atoms with Gasteiger partial charge >= 0.3 is 0 Å². The van der Waals surface area contributed by atoms with Gasteiger partial charge in [-0.05, 0) is 24.6 Å². The van der Waals surface area contributed by atoms with Crippen LogP contribution in [0.5, 0.6) is 0 Å². The molecule has 1 N–H and O–H groups in total. The first-order valence-corrected chi connectivity index (χ1v) is 7.40. The maximum atomic E-state index is 11.9. The van der Waals surface area contributed by atoms with Crippen LogP contribution in [0.1, 0.15) is 12.0 Å². The lowest BCUT2D eigenvalue weighted by Gasteiger charge is -2.09. The van der Waals surface area contributed by atoms with Gasteiger partial charge in [-0.25, -0.2) is 8.42 Å². The number of carbonyl (C=O) groups excluding carboxylic acids is 1. The predicted octanol–water partition coefficient (Wildman–Crippen LogP) is 1.04. The van der Waals surface area contributed by atoms with E-state index in [1.165, 1.54) is 0 Å². The molecule has 1 aliphatic rings. The predicted molar refractivity (Wildman–Crippen MR) is 69.8 cm³/mol. The minimum Gasteiger partial charge on any atom is -0.326 e. The van der Waals surface area contributed by atoms with E-state index in [9.17, 15) is 13.2 Å². The van der Waals surface area contributed by atoms with E-state index in [-0.39, 0.29) is 17.4 Å². The molecule has 0 bridgehead atoms. The average molecular weight is 263 g/mol. The van der Waals surface area contributed by atoms with Gasteiger partial charge in [0.05, 0.1) is 17.4 Å². The highest BCUT2D eigenvalue weighted by molar-refractivity contribution is 7.91. The highest BCUT2D eigenvalue weighted by atomic mass is 32.2. The molecule has 18 heavy (non-hydrogen) atoms. The molecular formula is C13H13NO3S. The van der Waals surface area contributed by atoms with Crippen molar-refractivity contribution in [3.8, 4) is 12.3 Å². The Bertz CT molecular complexity index is 613. The molecule has 94 valence electrons. The van der Waals surface area contributed by atoms with Gasteiger partial charge in [-0.15, -0.1) is 6.42 Å². The lowest BCUT2D eigenvalue weighted by atomic mass is 10.1. The lowest BCUT2D eigenvalue weighted by Crippen LogP contribution is -2.23. The quantitative estimate of drug-likeness (QED) is 0.811. The first-order valence-electron chi connectivity index (χ1n) is 5.58. The summed E-state index contributed by atoms with van der Waals surface area (Å²) in [5, 5.41) is 2.70. The lowest BCUT2D eigenvalue weighted by molar-refractivity contribution is -0.119. The zero-order valence-electron chi connectivity index (χ0n) is 9.72. The molecule has 1 saturated heterocycles. The van der Waals surface area contributed by atoms with Crippen LogP contribution >= 0.6 is 0 Å². The Kier molecular flexibility index (Phi) is 3.39.